The third kappa shape index (κ3) is 3.30. The summed E-state index contributed by atoms with van der Waals surface area (Å²) in [5, 5.41) is 13.6. The van der Waals surface area contributed by atoms with Gasteiger partial charge in [0, 0.05) is 18.3 Å². The van der Waals surface area contributed by atoms with Crippen molar-refractivity contribution < 1.29 is 14.7 Å². The molecule has 0 radical (unpaired) electrons. The van der Waals surface area contributed by atoms with Crippen LogP contribution in [0.1, 0.15) is 10.4 Å². The van der Waals surface area contributed by atoms with Crippen molar-refractivity contribution in [2.24, 2.45) is 0 Å². The molecule has 0 aliphatic rings. The van der Waals surface area contributed by atoms with Crippen LogP contribution in [0, 0.1) is 0 Å². The minimum atomic E-state index is -0.926. The van der Waals surface area contributed by atoms with Crippen molar-refractivity contribution in [3.05, 3.63) is 29.8 Å². The maximum absolute atomic E-state index is 11.2. The fourth-order valence-electron chi connectivity index (χ4n) is 1.06. The van der Waals surface area contributed by atoms with Crippen molar-refractivity contribution in [3.8, 4) is 0 Å². The number of carbonyl (C=O) groups is 2. The van der Waals surface area contributed by atoms with Crippen molar-refractivity contribution in [3.63, 3.8) is 0 Å². The molecule has 1 rings (SSSR count). The smallest absolute Gasteiger partial charge is 0.322 e. The average Bonchev–Trinajstić information content (AvgIpc) is 2.26. The van der Waals surface area contributed by atoms with Crippen LogP contribution >= 0.6 is 0 Å². The molecule has 3 N–H and O–H groups in total. The van der Waals surface area contributed by atoms with E-state index in [2.05, 4.69) is 10.6 Å². The van der Waals surface area contributed by atoms with Crippen molar-refractivity contribution in [1.29, 1.82) is 0 Å². The van der Waals surface area contributed by atoms with Gasteiger partial charge < -0.3 is 15.7 Å². The Morgan fingerprint density at radius 3 is 2.33 bits per heavy atom. The lowest BCUT2D eigenvalue weighted by Crippen LogP contribution is -2.17. The summed E-state index contributed by atoms with van der Waals surface area (Å²) in [6.07, 6.45) is 0. The number of benzene rings is 1. The molecule has 0 saturated heterocycles. The summed E-state index contributed by atoms with van der Waals surface area (Å²) in [4.78, 5) is 21.4. The van der Waals surface area contributed by atoms with Gasteiger partial charge in [-0.2, -0.15) is 0 Å². The molecule has 0 aliphatic carbocycles. The van der Waals surface area contributed by atoms with Gasteiger partial charge in [-0.25, -0.2) is 0 Å². The number of hydrogen-bond acceptors (Lipinski definition) is 3. The topological polar surface area (TPSA) is 78.4 Å². The Morgan fingerprint density at radius 1 is 1.27 bits per heavy atom. The van der Waals surface area contributed by atoms with Crippen molar-refractivity contribution in [2.75, 3.05) is 18.9 Å². The van der Waals surface area contributed by atoms with Gasteiger partial charge in [-0.3, -0.25) is 9.59 Å². The van der Waals surface area contributed by atoms with Gasteiger partial charge in [0.15, 0.2) is 0 Å². The van der Waals surface area contributed by atoms with E-state index in [-0.39, 0.29) is 12.5 Å². The van der Waals surface area contributed by atoms with E-state index < -0.39 is 5.97 Å². The molecule has 0 unspecified atom stereocenters. The van der Waals surface area contributed by atoms with Crippen LogP contribution in [0.4, 0.5) is 5.69 Å². The fraction of sp³-hybridized carbons (Fsp3) is 0.200. The van der Waals surface area contributed by atoms with E-state index in [0.717, 1.165) is 0 Å². The van der Waals surface area contributed by atoms with Crippen molar-refractivity contribution in [2.45, 2.75) is 0 Å². The molecule has 0 aliphatic heterocycles. The Balaban J connectivity index is 2.64. The molecule has 15 heavy (non-hydrogen) atoms. The van der Waals surface area contributed by atoms with Crippen LogP contribution in [0.15, 0.2) is 24.3 Å². The van der Waals surface area contributed by atoms with Crippen LogP contribution in [-0.2, 0) is 4.79 Å². The number of hydrogen-bond donors (Lipinski definition) is 3. The summed E-state index contributed by atoms with van der Waals surface area (Å²) in [5.41, 5.74) is 1.21. The summed E-state index contributed by atoms with van der Waals surface area (Å²) in [6, 6.07) is 6.58. The molecule has 0 spiro atoms. The summed E-state index contributed by atoms with van der Waals surface area (Å²) >= 11 is 0. The van der Waals surface area contributed by atoms with Gasteiger partial charge in [0.25, 0.3) is 5.91 Å². The summed E-state index contributed by atoms with van der Waals surface area (Å²) in [6.45, 7) is -0.140. The quantitative estimate of drug-likeness (QED) is 0.675. The molecule has 5 nitrogen and oxygen atoms in total. The predicted octanol–water partition coefficient (Wildman–Crippen LogP) is 0.543. The van der Waals surface area contributed by atoms with E-state index in [4.69, 9.17) is 5.11 Å². The normalized spacial score (nSPS) is 9.40. The number of anilines is 1. The standard InChI is InChI=1S/C10H12N2O3/c1-11-10(15)7-2-4-8(5-3-7)12-6-9(13)14/h2-5,12H,6H2,1H3,(H,11,15)(H,13,14). The maximum atomic E-state index is 11.2. The largest absolute Gasteiger partial charge is 0.480 e. The predicted molar refractivity (Wildman–Crippen MR) is 56.0 cm³/mol. The third-order valence-electron chi connectivity index (χ3n) is 1.82. The Labute approximate surface area is 87.1 Å². The molecule has 1 amide bonds. The van der Waals surface area contributed by atoms with Gasteiger partial charge in [-0.1, -0.05) is 0 Å². The van der Waals surface area contributed by atoms with Crippen LogP contribution in [0.2, 0.25) is 0 Å². The summed E-state index contributed by atoms with van der Waals surface area (Å²) in [5.74, 6) is -1.09. The number of amides is 1. The van der Waals surface area contributed by atoms with Gasteiger partial charge >= 0.3 is 5.97 Å². The highest BCUT2D eigenvalue weighted by Crippen LogP contribution is 2.08. The van der Waals surface area contributed by atoms with Gasteiger partial charge in [-0.05, 0) is 24.3 Å². The number of carboxylic acids is 1. The average molecular weight is 208 g/mol. The number of nitrogens with one attached hydrogen (secondary N) is 2. The first-order chi connectivity index (χ1) is 7.13. The second-order valence-electron chi connectivity index (χ2n) is 2.90. The van der Waals surface area contributed by atoms with Crippen molar-refractivity contribution >= 4 is 17.6 Å². The van der Waals surface area contributed by atoms with Crippen LogP contribution in [0.25, 0.3) is 0 Å². The molecule has 0 heterocycles. The molecule has 0 bridgehead atoms. The van der Waals surface area contributed by atoms with Crippen LogP contribution < -0.4 is 10.6 Å². The minimum absolute atomic E-state index is 0.140. The first-order valence-electron chi connectivity index (χ1n) is 4.41. The Hall–Kier alpha value is -2.04. The molecule has 0 fully saturated rings. The molecule has 5 heteroatoms. The second kappa shape index (κ2) is 4.99. The second-order valence-corrected chi connectivity index (χ2v) is 2.90. The van der Waals surface area contributed by atoms with Gasteiger partial charge in [0.05, 0.1) is 0 Å². The first-order valence-corrected chi connectivity index (χ1v) is 4.41. The minimum Gasteiger partial charge on any atom is -0.480 e. The van der Waals surface area contributed by atoms with Crippen LogP contribution in [0.3, 0.4) is 0 Å². The molecule has 1 aromatic rings. The molecule has 1 aromatic carbocycles. The van der Waals surface area contributed by atoms with Gasteiger partial charge in [0.2, 0.25) is 0 Å². The zero-order valence-corrected chi connectivity index (χ0v) is 8.28. The third-order valence-corrected chi connectivity index (χ3v) is 1.82. The lowest BCUT2D eigenvalue weighted by Gasteiger charge is -2.04. The number of carboxylic acid groups (broad SMARTS) is 1. The molecule has 0 atom stereocenters. The van der Waals surface area contributed by atoms with Crippen molar-refractivity contribution in [1.82, 2.24) is 5.32 Å². The fourth-order valence-corrected chi connectivity index (χ4v) is 1.06. The zero-order valence-electron chi connectivity index (χ0n) is 8.28. The zero-order chi connectivity index (χ0) is 11.3. The van der Waals surface area contributed by atoms with Crippen LogP contribution in [0.5, 0.6) is 0 Å². The molecule has 0 saturated carbocycles. The lowest BCUT2D eigenvalue weighted by atomic mass is 10.2. The lowest BCUT2D eigenvalue weighted by molar-refractivity contribution is -0.134. The molecule has 80 valence electrons. The highest BCUT2D eigenvalue weighted by Gasteiger charge is 2.02. The SMILES string of the molecule is CNC(=O)c1ccc(NCC(=O)O)cc1. The van der Waals surface area contributed by atoms with Gasteiger partial charge in [0.1, 0.15) is 6.54 Å². The summed E-state index contributed by atoms with van der Waals surface area (Å²) < 4.78 is 0. The number of aliphatic carboxylic acids is 1. The molecule has 0 aromatic heterocycles. The highest BCUT2D eigenvalue weighted by atomic mass is 16.4. The van der Waals surface area contributed by atoms with E-state index in [1.807, 2.05) is 0 Å². The Morgan fingerprint density at radius 2 is 1.87 bits per heavy atom. The molecular formula is C10H12N2O3. The van der Waals surface area contributed by atoms with Crippen LogP contribution in [-0.4, -0.2) is 30.6 Å². The van der Waals surface area contributed by atoms with E-state index in [1.54, 1.807) is 31.3 Å². The van der Waals surface area contributed by atoms with E-state index in [9.17, 15) is 9.59 Å². The highest BCUT2D eigenvalue weighted by molar-refractivity contribution is 5.94. The monoisotopic (exact) mass is 208 g/mol. The van der Waals surface area contributed by atoms with E-state index in [0.29, 0.717) is 11.3 Å². The van der Waals surface area contributed by atoms with E-state index >= 15 is 0 Å². The Bertz CT molecular complexity index is 359. The number of carbonyl (C=O) groups excluding carboxylic acids is 1. The first kappa shape index (κ1) is 11.0. The van der Waals surface area contributed by atoms with E-state index in [1.165, 1.54) is 0 Å². The summed E-state index contributed by atoms with van der Waals surface area (Å²) in [7, 11) is 1.55. The maximum Gasteiger partial charge on any atom is 0.322 e. The van der Waals surface area contributed by atoms with Gasteiger partial charge in [-0.15, -0.1) is 0 Å². The molecular weight excluding hydrogens is 196 g/mol. The number of rotatable bonds is 4. The Kier molecular flexibility index (Phi) is 3.68.